The molecule has 0 unspecified atom stereocenters. The van der Waals surface area contributed by atoms with E-state index in [1.807, 2.05) is 12.1 Å². The molecule has 0 bridgehead atoms. The molecule has 0 saturated carbocycles. The van der Waals surface area contributed by atoms with Crippen LogP contribution in [-0.4, -0.2) is 28.4 Å². The van der Waals surface area contributed by atoms with Crippen molar-refractivity contribution in [2.45, 2.75) is 31.6 Å². The minimum Gasteiger partial charge on any atom is -0.508 e. The lowest BCUT2D eigenvalue weighted by molar-refractivity contribution is 0.360. The maximum Gasteiger partial charge on any atom is 0.219 e. The molecule has 2 N–H and O–H groups in total. The number of hydrogen-bond acceptors (Lipinski definition) is 5. The van der Waals surface area contributed by atoms with Gasteiger partial charge in [-0.15, -0.1) is 10.2 Å². The molecular formula is C15H19N3O2. The second kappa shape index (κ2) is 6.05. The van der Waals surface area contributed by atoms with Crippen molar-refractivity contribution in [1.82, 2.24) is 15.5 Å². The molecule has 1 aromatic carbocycles. The van der Waals surface area contributed by atoms with Gasteiger partial charge in [-0.25, -0.2) is 0 Å². The monoisotopic (exact) mass is 273 g/mol. The van der Waals surface area contributed by atoms with Crippen LogP contribution in [0.15, 0.2) is 28.7 Å². The van der Waals surface area contributed by atoms with E-state index in [0.717, 1.165) is 50.2 Å². The number of aryl methyl sites for hydroxylation is 2. The van der Waals surface area contributed by atoms with E-state index in [1.54, 1.807) is 12.1 Å². The van der Waals surface area contributed by atoms with Crippen LogP contribution in [0.4, 0.5) is 0 Å². The summed E-state index contributed by atoms with van der Waals surface area (Å²) in [7, 11) is 0. The molecule has 0 radical (unpaired) electrons. The average Bonchev–Trinajstić information content (AvgIpc) is 2.97. The first kappa shape index (κ1) is 13.1. The number of phenols is 1. The molecule has 20 heavy (non-hydrogen) atoms. The lowest BCUT2D eigenvalue weighted by atomic mass is 9.98. The van der Waals surface area contributed by atoms with Gasteiger partial charge in [-0.2, -0.15) is 0 Å². The van der Waals surface area contributed by atoms with Gasteiger partial charge in [0.05, 0.1) is 0 Å². The van der Waals surface area contributed by atoms with Crippen LogP contribution in [0.5, 0.6) is 5.75 Å². The van der Waals surface area contributed by atoms with E-state index in [0.29, 0.717) is 17.6 Å². The molecule has 1 fully saturated rings. The van der Waals surface area contributed by atoms with Gasteiger partial charge in [-0.1, -0.05) is 12.1 Å². The molecular weight excluding hydrogens is 254 g/mol. The van der Waals surface area contributed by atoms with Crippen LogP contribution in [0.3, 0.4) is 0 Å². The summed E-state index contributed by atoms with van der Waals surface area (Å²) >= 11 is 0. The molecule has 106 valence electrons. The number of aromatic hydroxyl groups is 1. The number of nitrogens with one attached hydrogen (secondary N) is 1. The zero-order valence-corrected chi connectivity index (χ0v) is 11.4. The van der Waals surface area contributed by atoms with Crippen LogP contribution in [0, 0.1) is 0 Å². The molecule has 0 atom stereocenters. The standard InChI is InChI=1S/C15H19N3O2/c19-13-4-1-11(2-5-13)3-6-14-17-18-15(20-14)12-7-9-16-10-8-12/h1-2,4-5,12,16,19H,3,6-10H2. The Bertz CT molecular complexity index is 545. The summed E-state index contributed by atoms with van der Waals surface area (Å²) in [6.45, 7) is 2.05. The normalized spacial score (nSPS) is 16.4. The minimum atomic E-state index is 0.291. The summed E-state index contributed by atoms with van der Waals surface area (Å²) in [5.74, 6) is 2.18. The molecule has 5 heteroatoms. The summed E-state index contributed by atoms with van der Waals surface area (Å²) in [5, 5.41) is 20.9. The largest absolute Gasteiger partial charge is 0.508 e. The van der Waals surface area contributed by atoms with Crippen LogP contribution in [0.25, 0.3) is 0 Å². The highest BCUT2D eigenvalue weighted by molar-refractivity contribution is 5.26. The van der Waals surface area contributed by atoms with Gasteiger partial charge in [-0.3, -0.25) is 0 Å². The predicted octanol–water partition coefficient (Wildman–Crippen LogP) is 2.03. The van der Waals surface area contributed by atoms with Gasteiger partial charge in [0.2, 0.25) is 11.8 Å². The second-order valence-corrected chi connectivity index (χ2v) is 5.22. The molecule has 0 spiro atoms. The highest BCUT2D eigenvalue weighted by Gasteiger charge is 2.20. The SMILES string of the molecule is Oc1ccc(CCc2nnc(C3CCNCC3)o2)cc1. The van der Waals surface area contributed by atoms with Gasteiger partial charge in [-0.05, 0) is 50.0 Å². The number of phenolic OH excluding ortho intramolecular Hbond substituents is 1. The predicted molar refractivity (Wildman–Crippen MR) is 74.7 cm³/mol. The second-order valence-electron chi connectivity index (χ2n) is 5.22. The molecule has 1 aliphatic heterocycles. The average molecular weight is 273 g/mol. The molecule has 2 heterocycles. The van der Waals surface area contributed by atoms with E-state index >= 15 is 0 Å². The third kappa shape index (κ3) is 3.17. The van der Waals surface area contributed by atoms with Crippen molar-refractivity contribution in [3.63, 3.8) is 0 Å². The smallest absolute Gasteiger partial charge is 0.219 e. The quantitative estimate of drug-likeness (QED) is 0.892. The molecule has 2 aromatic rings. The van der Waals surface area contributed by atoms with E-state index in [1.165, 1.54) is 0 Å². The van der Waals surface area contributed by atoms with E-state index in [4.69, 9.17) is 4.42 Å². The zero-order valence-electron chi connectivity index (χ0n) is 11.4. The Hall–Kier alpha value is -1.88. The van der Waals surface area contributed by atoms with Crippen LogP contribution in [0.1, 0.15) is 36.1 Å². The van der Waals surface area contributed by atoms with Gasteiger partial charge in [0.25, 0.3) is 0 Å². The van der Waals surface area contributed by atoms with Crippen LogP contribution < -0.4 is 5.32 Å². The number of aromatic nitrogens is 2. The van der Waals surface area contributed by atoms with E-state index in [-0.39, 0.29) is 0 Å². The van der Waals surface area contributed by atoms with Crippen LogP contribution in [-0.2, 0) is 12.8 Å². The van der Waals surface area contributed by atoms with E-state index in [9.17, 15) is 5.11 Å². The summed E-state index contributed by atoms with van der Waals surface area (Å²) in [5.41, 5.74) is 1.16. The van der Waals surface area contributed by atoms with Crippen LogP contribution >= 0.6 is 0 Å². The van der Waals surface area contributed by atoms with Gasteiger partial charge < -0.3 is 14.8 Å². The molecule has 0 amide bonds. The molecule has 0 aliphatic carbocycles. The number of nitrogens with zero attached hydrogens (tertiary/aromatic N) is 2. The molecule has 3 rings (SSSR count). The molecule has 1 aliphatic rings. The van der Waals surface area contributed by atoms with Crippen molar-refractivity contribution >= 4 is 0 Å². The van der Waals surface area contributed by atoms with Crippen LogP contribution in [0.2, 0.25) is 0 Å². The highest BCUT2D eigenvalue weighted by Crippen LogP contribution is 2.24. The number of rotatable bonds is 4. The maximum atomic E-state index is 9.24. The fraction of sp³-hybridized carbons (Fsp3) is 0.467. The summed E-state index contributed by atoms with van der Waals surface area (Å²) in [6, 6.07) is 7.23. The number of hydrogen-bond donors (Lipinski definition) is 2. The number of benzene rings is 1. The van der Waals surface area contributed by atoms with Crippen molar-refractivity contribution < 1.29 is 9.52 Å². The Morgan fingerprint density at radius 2 is 1.85 bits per heavy atom. The first-order valence-corrected chi connectivity index (χ1v) is 7.12. The molecule has 1 aromatic heterocycles. The van der Waals surface area contributed by atoms with Crippen molar-refractivity contribution in [3.8, 4) is 5.75 Å². The molecule has 5 nitrogen and oxygen atoms in total. The van der Waals surface area contributed by atoms with Gasteiger partial charge in [0, 0.05) is 12.3 Å². The third-order valence-corrected chi connectivity index (χ3v) is 3.73. The lowest BCUT2D eigenvalue weighted by Crippen LogP contribution is -2.26. The van der Waals surface area contributed by atoms with E-state index in [2.05, 4.69) is 15.5 Å². The third-order valence-electron chi connectivity index (χ3n) is 3.73. The Labute approximate surface area is 118 Å². The fourth-order valence-corrected chi connectivity index (χ4v) is 2.52. The first-order chi connectivity index (χ1) is 9.81. The maximum absolute atomic E-state index is 9.24. The first-order valence-electron chi connectivity index (χ1n) is 7.12. The van der Waals surface area contributed by atoms with Gasteiger partial charge in [0.1, 0.15) is 5.75 Å². The molecule has 1 saturated heterocycles. The summed E-state index contributed by atoms with van der Waals surface area (Å²) in [4.78, 5) is 0. The van der Waals surface area contributed by atoms with Gasteiger partial charge in [0.15, 0.2) is 0 Å². The van der Waals surface area contributed by atoms with Gasteiger partial charge >= 0.3 is 0 Å². The summed E-state index contributed by atoms with van der Waals surface area (Å²) in [6.07, 6.45) is 3.72. The van der Waals surface area contributed by atoms with Crippen molar-refractivity contribution in [1.29, 1.82) is 0 Å². The zero-order chi connectivity index (χ0) is 13.8. The number of piperidine rings is 1. The van der Waals surface area contributed by atoms with Crippen molar-refractivity contribution in [2.24, 2.45) is 0 Å². The Morgan fingerprint density at radius 1 is 1.10 bits per heavy atom. The van der Waals surface area contributed by atoms with Crippen molar-refractivity contribution in [3.05, 3.63) is 41.6 Å². The van der Waals surface area contributed by atoms with Crippen molar-refractivity contribution in [2.75, 3.05) is 13.1 Å². The Kier molecular flexibility index (Phi) is 3.97. The lowest BCUT2D eigenvalue weighted by Gasteiger charge is -2.18. The van der Waals surface area contributed by atoms with E-state index < -0.39 is 0 Å². The topological polar surface area (TPSA) is 71.2 Å². The summed E-state index contributed by atoms with van der Waals surface area (Å²) < 4.78 is 5.77. The fourth-order valence-electron chi connectivity index (χ4n) is 2.52. The minimum absolute atomic E-state index is 0.291. The highest BCUT2D eigenvalue weighted by atomic mass is 16.4. The Balaban J connectivity index is 1.58. The Morgan fingerprint density at radius 3 is 2.60 bits per heavy atom.